The third-order valence-electron chi connectivity index (χ3n) is 3.97. The first kappa shape index (κ1) is 16.6. The summed E-state index contributed by atoms with van der Waals surface area (Å²) in [6.07, 6.45) is 0. The average molecular weight is 343 g/mol. The predicted molar refractivity (Wildman–Crippen MR) is 91.1 cm³/mol. The molecule has 25 heavy (non-hydrogen) atoms. The minimum absolute atomic E-state index is 0.139. The van der Waals surface area contributed by atoms with Crippen LogP contribution in [0.25, 0.3) is 0 Å². The summed E-state index contributed by atoms with van der Waals surface area (Å²) in [6, 6.07) is 9.23. The first-order valence-corrected chi connectivity index (χ1v) is 7.66. The molecule has 130 valence electrons. The van der Waals surface area contributed by atoms with Crippen LogP contribution in [0.15, 0.2) is 36.4 Å². The number of anilines is 1. The maximum absolute atomic E-state index is 12.6. The summed E-state index contributed by atoms with van der Waals surface area (Å²) in [5.74, 6) is 0.890. The second-order valence-corrected chi connectivity index (χ2v) is 5.54. The number of carbonyl (C=O) groups is 1. The van der Waals surface area contributed by atoms with Crippen LogP contribution in [-0.4, -0.2) is 24.7 Å². The number of ether oxygens (including phenoxy) is 2. The van der Waals surface area contributed by atoms with Crippen LogP contribution in [0.5, 0.6) is 11.5 Å². The van der Waals surface area contributed by atoms with Gasteiger partial charge in [0.05, 0.1) is 16.5 Å². The standard InChI is InChI=1S/C17H17N3O5/c1-10(11-3-6-15-16(7-11)25-9-24-15)19-17(21)13-8-12(20(22)23)4-5-14(13)18-2/h3-8,10,18H,9H2,1-2H3,(H,19,21). The molecule has 1 amide bonds. The molecule has 0 spiro atoms. The van der Waals surface area contributed by atoms with Gasteiger partial charge in [-0.05, 0) is 30.7 Å². The number of nitro benzene ring substituents is 1. The number of nitrogens with one attached hydrogen (secondary N) is 2. The molecular weight excluding hydrogens is 326 g/mol. The third kappa shape index (κ3) is 3.32. The summed E-state index contributed by atoms with van der Waals surface area (Å²) in [6.45, 7) is 2.00. The van der Waals surface area contributed by atoms with Gasteiger partial charge in [-0.15, -0.1) is 0 Å². The average Bonchev–Trinajstić information content (AvgIpc) is 3.08. The highest BCUT2D eigenvalue weighted by molar-refractivity contribution is 6.00. The van der Waals surface area contributed by atoms with Crippen LogP contribution < -0.4 is 20.1 Å². The molecule has 1 unspecified atom stereocenters. The van der Waals surface area contributed by atoms with E-state index in [1.54, 1.807) is 19.2 Å². The number of nitro groups is 1. The Bertz CT molecular complexity index is 837. The topological polar surface area (TPSA) is 103 Å². The molecule has 0 saturated carbocycles. The molecule has 0 aromatic heterocycles. The molecule has 0 bridgehead atoms. The van der Waals surface area contributed by atoms with Crippen molar-refractivity contribution in [2.75, 3.05) is 19.2 Å². The van der Waals surface area contributed by atoms with Crippen LogP contribution in [-0.2, 0) is 0 Å². The Morgan fingerprint density at radius 1 is 1.20 bits per heavy atom. The summed E-state index contributed by atoms with van der Waals surface area (Å²) in [5, 5.41) is 16.7. The largest absolute Gasteiger partial charge is 0.454 e. The van der Waals surface area contributed by atoms with E-state index in [9.17, 15) is 14.9 Å². The monoisotopic (exact) mass is 343 g/mol. The Labute approximate surface area is 143 Å². The predicted octanol–water partition coefficient (Wildman–Crippen LogP) is 2.86. The second-order valence-electron chi connectivity index (χ2n) is 5.54. The molecule has 1 aliphatic heterocycles. The SMILES string of the molecule is CNc1ccc([N+](=O)[O-])cc1C(=O)NC(C)c1ccc2c(c1)OCO2. The highest BCUT2D eigenvalue weighted by atomic mass is 16.7. The van der Waals surface area contributed by atoms with E-state index in [-0.39, 0.29) is 24.1 Å². The minimum atomic E-state index is -0.530. The molecule has 0 radical (unpaired) electrons. The lowest BCUT2D eigenvalue weighted by atomic mass is 10.1. The molecule has 8 heteroatoms. The van der Waals surface area contributed by atoms with E-state index in [1.165, 1.54) is 18.2 Å². The van der Waals surface area contributed by atoms with Crippen molar-refractivity contribution < 1.29 is 19.2 Å². The van der Waals surface area contributed by atoms with E-state index in [0.717, 1.165) is 5.56 Å². The molecule has 3 rings (SSSR count). The Hall–Kier alpha value is -3.29. The first-order valence-electron chi connectivity index (χ1n) is 7.66. The molecule has 0 fully saturated rings. The van der Waals surface area contributed by atoms with Crippen molar-refractivity contribution >= 4 is 17.3 Å². The maximum atomic E-state index is 12.6. The molecule has 1 aliphatic rings. The summed E-state index contributed by atoms with van der Waals surface area (Å²) in [7, 11) is 1.65. The minimum Gasteiger partial charge on any atom is -0.454 e. The van der Waals surface area contributed by atoms with Crippen molar-refractivity contribution in [2.24, 2.45) is 0 Å². The number of fused-ring (bicyclic) bond motifs is 1. The Morgan fingerprint density at radius 2 is 1.96 bits per heavy atom. The Balaban J connectivity index is 1.81. The zero-order chi connectivity index (χ0) is 18.0. The third-order valence-corrected chi connectivity index (χ3v) is 3.97. The van der Waals surface area contributed by atoms with E-state index >= 15 is 0 Å². The van der Waals surface area contributed by atoms with Gasteiger partial charge in [-0.2, -0.15) is 0 Å². The smallest absolute Gasteiger partial charge is 0.270 e. The normalized spacial score (nSPS) is 13.2. The van der Waals surface area contributed by atoms with Crippen molar-refractivity contribution in [3.63, 3.8) is 0 Å². The highest BCUT2D eigenvalue weighted by Gasteiger charge is 2.20. The lowest BCUT2D eigenvalue weighted by Crippen LogP contribution is -2.27. The number of amides is 1. The first-order chi connectivity index (χ1) is 12.0. The molecule has 2 N–H and O–H groups in total. The van der Waals surface area contributed by atoms with Gasteiger partial charge in [0, 0.05) is 24.9 Å². The van der Waals surface area contributed by atoms with Crippen molar-refractivity contribution in [1.82, 2.24) is 5.32 Å². The lowest BCUT2D eigenvalue weighted by molar-refractivity contribution is -0.384. The number of hydrogen-bond donors (Lipinski definition) is 2. The van der Waals surface area contributed by atoms with Crippen LogP contribution in [0, 0.1) is 10.1 Å². The van der Waals surface area contributed by atoms with E-state index < -0.39 is 10.8 Å². The molecular formula is C17H17N3O5. The number of carbonyl (C=O) groups excluding carboxylic acids is 1. The van der Waals surface area contributed by atoms with Crippen molar-refractivity contribution in [2.45, 2.75) is 13.0 Å². The van der Waals surface area contributed by atoms with Crippen LogP contribution in [0.2, 0.25) is 0 Å². The number of rotatable bonds is 5. The van der Waals surface area contributed by atoms with E-state index in [0.29, 0.717) is 17.2 Å². The quantitative estimate of drug-likeness (QED) is 0.639. The maximum Gasteiger partial charge on any atom is 0.270 e. The second kappa shape index (κ2) is 6.68. The molecule has 1 heterocycles. The lowest BCUT2D eigenvalue weighted by Gasteiger charge is -2.16. The van der Waals surface area contributed by atoms with Gasteiger partial charge in [0.15, 0.2) is 11.5 Å². The number of non-ortho nitro benzene ring substituents is 1. The van der Waals surface area contributed by atoms with Gasteiger partial charge < -0.3 is 20.1 Å². The van der Waals surface area contributed by atoms with Crippen LogP contribution in [0.3, 0.4) is 0 Å². The molecule has 0 saturated heterocycles. The number of benzene rings is 2. The number of hydrogen-bond acceptors (Lipinski definition) is 6. The fraction of sp³-hybridized carbons (Fsp3) is 0.235. The summed E-state index contributed by atoms with van der Waals surface area (Å²) >= 11 is 0. The Morgan fingerprint density at radius 3 is 2.68 bits per heavy atom. The van der Waals surface area contributed by atoms with Crippen molar-refractivity contribution in [1.29, 1.82) is 0 Å². The van der Waals surface area contributed by atoms with Gasteiger partial charge in [0.1, 0.15) is 0 Å². The molecule has 8 nitrogen and oxygen atoms in total. The zero-order valence-electron chi connectivity index (χ0n) is 13.7. The van der Waals surface area contributed by atoms with Crippen molar-refractivity contribution in [3.05, 3.63) is 57.6 Å². The highest BCUT2D eigenvalue weighted by Crippen LogP contribution is 2.34. The molecule has 1 atom stereocenters. The van der Waals surface area contributed by atoms with Crippen LogP contribution in [0.1, 0.15) is 28.9 Å². The number of nitrogens with zero attached hydrogens (tertiary/aromatic N) is 1. The van der Waals surface area contributed by atoms with Gasteiger partial charge in [-0.25, -0.2) is 0 Å². The zero-order valence-corrected chi connectivity index (χ0v) is 13.7. The van der Waals surface area contributed by atoms with Crippen LogP contribution in [0.4, 0.5) is 11.4 Å². The van der Waals surface area contributed by atoms with Crippen LogP contribution >= 0.6 is 0 Å². The molecule has 2 aromatic rings. The van der Waals surface area contributed by atoms with Gasteiger partial charge in [0.2, 0.25) is 6.79 Å². The van der Waals surface area contributed by atoms with E-state index in [2.05, 4.69) is 10.6 Å². The van der Waals surface area contributed by atoms with E-state index in [4.69, 9.17) is 9.47 Å². The Kier molecular flexibility index (Phi) is 4.42. The fourth-order valence-corrected chi connectivity index (χ4v) is 2.59. The van der Waals surface area contributed by atoms with Gasteiger partial charge in [-0.3, -0.25) is 14.9 Å². The molecule has 0 aliphatic carbocycles. The van der Waals surface area contributed by atoms with Gasteiger partial charge >= 0.3 is 0 Å². The van der Waals surface area contributed by atoms with Crippen molar-refractivity contribution in [3.8, 4) is 11.5 Å². The van der Waals surface area contributed by atoms with E-state index in [1.807, 2.05) is 13.0 Å². The fourth-order valence-electron chi connectivity index (χ4n) is 2.59. The summed E-state index contributed by atoms with van der Waals surface area (Å²) in [4.78, 5) is 23.0. The summed E-state index contributed by atoms with van der Waals surface area (Å²) < 4.78 is 10.6. The summed E-state index contributed by atoms with van der Waals surface area (Å²) in [5.41, 5.74) is 1.43. The molecule has 2 aromatic carbocycles. The van der Waals surface area contributed by atoms with Gasteiger partial charge in [-0.1, -0.05) is 6.07 Å². The van der Waals surface area contributed by atoms with Gasteiger partial charge in [0.25, 0.3) is 11.6 Å².